The Balaban J connectivity index is 1.89. The van der Waals surface area contributed by atoms with E-state index in [0.29, 0.717) is 6.42 Å². The van der Waals surface area contributed by atoms with Gasteiger partial charge < -0.3 is 5.11 Å². The minimum absolute atomic E-state index is 0.0890. The molecule has 0 amide bonds. The van der Waals surface area contributed by atoms with Crippen molar-refractivity contribution in [2.45, 2.75) is 12.3 Å². The van der Waals surface area contributed by atoms with Gasteiger partial charge in [0, 0.05) is 17.2 Å². The van der Waals surface area contributed by atoms with E-state index in [4.69, 9.17) is 5.11 Å². The lowest BCUT2D eigenvalue weighted by molar-refractivity contribution is -0.138. The molecule has 1 heterocycles. The summed E-state index contributed by atoms with van der Waals surface area (Å²) in [7, 11) is 0. The standard InChI is InChI=1S/C15H13NO2/c17-15(18)12-9-11(12)14-8-4-7-13(16-14)10-5-2-1-3-6-10/h1-8,11-12H,9H2,(H,17,18). The smallest absolute Gasteiger partial charge is 0.307 e. The molecule has 2 atom stereocenters. The predicted octanol–water partition coefficient (Wildman–Crippen LogP) is 2.94. The Morgan fingerprint density at radius 2 is 1.89 bits per heavy atom. The summed E-state index contributed by atoms with van der Waals surface area (Å²) in [6.45, 7) is 0. The molecular weight excluding hydrogens is 226 g/mol. The Kier molecular flexibility index (Phi) is 2.59. The van der Waals surface area contributed by atoms with Crippen molar-refractivity contribution in [1.82, 2.24) is 4.98 Å². The third kappa shape index (κ3) is 1.99. The van der Waals surface area contributed by atoms with Gasteiger partial charge in [-0.15, -0.1) is 0 Å². The highest BCUT2D eigenvalue weighted by Crippen LogP contribution is 2.47. The summed E-state index contributed by atoms with van der Waals surface area (Å²) in [4.78, 5) is 15.4. The molecule has 0 bridgehead atoms. The number of carbonyl (C=O) groups is 1. The minimum Gasteiger partial charge on any atom is -0.481 e. The average molecular weight is 239 g/mol. The van der Waals surface area contributed by atoms with E-state index in [1.54, 1.807) is 0 Å². The number of aromatic nitrogens is 1. The second-order valence-electron chi connectivity index (χ2n) is 4.60. The fourth-order valence-corrected chi connectivity index (χ4v) is 2.22. The summed E-state index contributed by atoms with van der Waals surface area (Å²) >= 11 is 0. The summed E-state index contributed by atoms with van der Waals surface area (Å²) in [6.07, 6.45) is 0.709. The molecule has 1 N–H and O–H groups in total. The number of nitrogens with zero attached hydrogens (tertiary/aromatic N) is 1. The quantitative estimate of drug-likeness (QED) is 0.895. The van der Waals surface area contributed by atoms with Crippen molar-refractivity contribution in [2.24, 2.45) is 5.92 Å². The fraction of sp³-hybridized carbons (Fsp3) is 0.200. The van der Waals surface area contributed by atoms with Crippen LogP contribution in [0, 0.1) is 5.92 Å². The van der Waals surface area contributed by atoms with Crippen LogP contribution in [0.25, 0.3) is 11.3 Å². The van der Waals surface area contributed by atoms with Gasteiger partial charge in [0.25, 0.3) is 0 Å². The van der Waals surface area contributed by atoms with Crippen LogP contribution in [0.1, 0.15) is 18.0 Å². The SMILES string of the molecule is O=C(O)C1CC1c1cccc(-c2ccccc2)n1. The number of carboxylic acids is 1. The zero-order valence-corrected chi connectivity index (χ0v) is 9.78. The molecule has 1 aromatic heterocycles. The molecule has 3 heteroatoms. The van der Waals surface area contributed by atoms with Crippen LogP contribution in [0.4, 0.5) is 0 Å². The first-order valence-corrected chi connectivity index (χ1v) is 6.01. The van der Waals surface area contributed by atoms with Gasteiger partial charge in [-0.05, 0) is 18.6 Å². The van der Waals surface area contributed by atoms with Crippen LogP contribution in [0.2, 0.25) is 0 Å². The summed E-state index contributed by atoms with van der Waals surface area (Å²) < 4.78 is 0. The lowest BCUT2D eigenvalue weighted by Gasteiger charge is -2.03. The fourth-order valence-electron chi connectivity index (χ4n) is 2.22. The van der Waals surface area contributed by atoms with Crippen molar-refractivity contribution < 1.29 is 9.90 Å². The Bertz CT molecular complexity index is 580. The molecule has 1 fully saturated rings. The number of aliphatic carboxylic acids is 1. The largest absolute Gasteiger partial charge is 0.481 e. The van der Waals surface area contributed by atoms with Crippen molar-refractivity contribution in [1.29, 1.82) is 0 Å². The van der Waals surface area contributed by atoms with E-state index in [-0.39, 0.29) is 11.8 Å². The van der Waals surface area contributed by atoms with E-state index in [2.05, 4.69) is 4.98 Å². The molecule has 0 spiro atoms. The summed E-state index contributed by atoms with van der Waals surface area (Å²) in [5.74, 6) is -0.874. The molecule has 3 rings (SSSR count). The predicted molar refractivity (Wildman–Crippen MR) is 68.2 cm³/mol. The zero-order valence-electron chi connectivity index (χ0n) is 9.78. The van der Waals surface area contributed by atoms with Crippen LogP contribution in [0.15, 0.2) is 48.5 Å². The first-order chi connectivity index (χ1) is 8.75. The summed E-state index contributed by atoms with van der Waals surface area (Å²) in [6, 6.07) is 15.7. The molecule has 1 aliphatic carbocycles. The maximum Gasteiger partial charge on any atom is 0.307 e. The minimum atomic E-state index is -0.716. The molecule has 2 unspecified atom stereocenters. The summed E-state index contributed by atoms with van der Waals surface area (Å²) in [5.41, 5.74) is 2.86. The van der Waals surface area contributed by atoms with Crippen LogP contribution >= 0.6 is 0 Å². The van der Waals surface area contributed by atoms with Crippen LogP contribution in [0.3, 0.4) is 0 Å². The van der Waals surface area contributed by atoms with E-state index in [1.165, 1.54) is 0 Å². The third-order valence-corrected chi connectivity index (χ3v) is 3.33. The molecule has 1 aliphatic rings. The van der Waals surface area contributed by atoms with Crippen molar-refractivity contribution in [3.8, 4) is 11.3 Å². The van der Waals surface area contributed by atoms with Gasteiger partial charge in [0.2, 0.25) is 0 Å². The van der Waals surface area contributed by atoms with Gasteiger partial charge in [0.05, 0.1) is 11.6 Å². The van der Waals surface area contributed by atoms with Crippen LogP contribution in [-0.2, 0) is 4.79 Å². The highest BCUT2D eigenvalue weighted by Gasteiger charge is 2.45. The number of pyridine rings is 1. The maximum absolute atomic E-state index is 10.9. The topological polar surface area (TPSA) is 50.2 Å². The van der Waals surface area contributed by atoms with Gasteiger partial charge in [-0.2, -0.15) is 0 Å². The number of benzene rings is 1. The molecule has 0 aliphatic heterocycles. The molecule has 1 aromatic carbocycles. The van der Waals surface area contributed by atoms with Crippen LogP contribution in [-0.4, -0.2) is 16.1 Å². The van der Waals surface area contributed by atoms with Gasteiger partial charge in [-0.1, -0.05) is 36.4 Å². The van der Waals surface area contributed by atoms with Crippen LogP contribution < -0.4 is 0 Å². The molecule has 1 saturated carbocycles. The van der Waals surface area contributed by atoms with E-state index in [1.807, 2.05) is 48.5 Å². The third-order valence-electron chi connectivity index (χ3n) is 3.33. The highest BCUT2D eigenvalue weighted by molar-refractivity contribution is 5.75. The second kappa shape index (κ2) is 4.26. The zero-order chi connectivity index (χ0) is 12.5. The Hall–Kier alpha value is -2.16. The molecular formula is C15H13NO2. The number of hydrogen-bond donors (Lipinski definition) is 1. The molecule has 0 saturated heterocycles. The van der Waals surface area contributed by atoms with Crippen LogP contribution in [0.5, 0.6) is 0 Å². The monoisotopic (exact) mass is 239 g/mol. The highest BCUT2D eigenvalue weighted by atomic mass is 16.4. The Morgan fingerprint density at radius 3 is 2.56 bits per heavy atom. The van der Waals surface area contributed by atoms with Crippen molar-refractivity contribution in [3.63, 3.8) is 0 Å². The number of carboxylic acid groups (broad SMARTS) is 1. The second-order valence-corrected chi connectivity index (χ2v) is 4.60. The van der Waals surface area contributed by atoms with Gasteiger partial charge >= 0.3 is 5.97 Å². The maximum atomic E-state index is 10.9. The Labute approximate surface area is 105 Å². The van der Waals surface area contributed by atoms with E-state index < -0.39 is 5.97 Å². The lowest BCUT2D eigenvalue weighted by Crippen LogP contribution is -2.00. The van der Waals surface area contributed by atoms with E-state index >= 15 is 0 Å². The molecule has 0 radical (unpaired) electrons. The lowest BCUT2D eigenvalue weighted by atomic mass is 10.1. The van der Waals surface area contributed by atoms with Crippen molar-refractivity contribution in [3.05, 3.63) is 54.2 Å². The number of hydrogen-bond acceptors (Lipinski definition) is 2. The van der Waals surface area contributed by atoms with Gasteiger partial charge in [-0.3, -0.25) is 9.78 Å². The first-order valence-electron chi connectivity index (χ1n) is 6.01. The van der Waals surface area contributed by atoms with Gasteiger partial charge in [-0.25, -0.2) is 0 Å². The average Bonchev–Trinajstić information content (AvgIpc) is 3.20. The summed E-state index contributed by atoms with van der Waals surface area (Å²) in [5, 5.41) is 8.94. The number of rotatable bonds is 3. The Morgan fingerprint density at radius 1 is 1.11 bits per heavy atom. The molecule has 2 aromatic rings. The normalized spacial score (nSPS) is 21.6. The van der Waals surface area contributed by atoms with Crippen molar-refractivity contribution >= 4 is 5.97 Å². The van der Waals surface area contributed by atoms with Gasteiger partial charge in [0.15, 0.2) is 0 Å². The van der Waals surface area contributed by atoms with Crippen molar-refractivity contribution in [2.75, 3.05) is 0 Å². The van der Waals surface area contributed by atoms with E-state index in [0.717, 1.165) is 17.0 Å². The molecule has 3 nitrogen and oxygen atoms in total. The van der Waals surface area contributed by atoms with E-state index in [9.17, 15) is 4.79 Å². The molecule has 90 valence electrons. The first kappa shape index (κ1) is 11.0. The molecule has 18 heavy (non-hydrogen) atoms. The van der Waals surface area contributed by atoms with Gasteiger partial charge in [0.1, 0.15) is 0 Å².